The van der Waals surface area contributed by atoms with Crippen molar-refractivity contribution in [3.05, 3.63) is 76.4 Å². The topological polar surface area (TPSA) is 129 Å². The molecule has 4 atom stereocenters. The third-order valence-corrected chi connectivity index (χ3v) is 9.17. The van der Waals surface area contributed by atoms with E-state index < -0.39 is 29.6 Å². The van der Waals surface area contributed by atoms with Gasteiger partial charge in [-0.1, -0.05) is 48.4 Å². The summed E-state index contributed by atoms with van der Waals surface area (Å²) < 4.78 is 0. The van der Waals surface area contributed by atoms with E-state index in [4.69, 9.17) is 5.11 Å². The Kier molecular flexibility index (Phi) is 6.72. The minimum absolute atomic E-state index is 0.0495. The van der Waals surface area contributed by atoms with Gasteiger partial charge in [-0.15, -0.1) is 0 Å². The number of likely N-dealkylation sites (tertiary alicyclic amines) is 1. The SMILES string of the molecule is CC1=CC(=O)C2=C(C[C@@H]3C(=CC[C@@H]4C(=O)N(CCCCCC(=O)O)C(=O)[C@@H]43)[C@@H]2c2ccc(O)c3ccccc23)C1=O. The highest BCUT2D eigenvalue weighted by molar-refractivity contribution is 6.24. The molecule has 6 rings (SSSR count). The Hall–Kier alpha value is -4.33. The van der Waals surface area contributed by atoms with Crippen LogP contribution in [0.5, 0.6) is 5.75 Å². The van der Waals surface area contributed by atoms with E-state index in [1.807, 2.05) is 24.3 Å². The van der Waals surface area contributed by atoms with E-state index in [2.05, 4.69) is 0 Å². The molecule has 0 aromatic heterocycles. The van der Waals surface area contributed by atoms with E-state index in [1.165, 1.54) is 11.0 Å². The van der Waals surface area contributed by atoms with Gasteiger partial charge in [-0.2, -0.15) is 0 Å². The van der Waals surface area contributed by atoms with Crippen LogP contribution in [-0.4, -0.2) is 51.0 Å². The molecule has 8 nitrogen and oxygen atoms in total. The van der Waals surface area contributed by atoms with Gasteiger partial charge in [-0.05, 0) is 61.6 Å². The predicted molar refractivity (Wildman–Crippen MR) is 150 cm³/mol. The molecular formula is C33H31NO7. The highest BCUT2D eigenvalue weighted by Crippen LogP contribution is 2.56. The lowest BCUT2D eigenvalue weighted by molar-refractivity contribution is -0.141. The number of allylic oxidation sites excluding steroid dienone is 6. The molecule has 3 aliphatic carbocycles. The molecule has 4 aliphatic rings. The quantitative estimate of drug-likeness (QED) is 0.222. The van der Waals surface area contributed by atoms with Crippen LogP contribution in [0.1, 0.15) is 56.9 Å². The number of carbonyl (C=O) groups excluding carboxylic acids is 4. The predicted octanol–water partition coefficient (Wildman–Crippen LogP) is 4.62. The Bertz CT molecular complexity index is 1630. The van der Waals surface area contributed by atoms with Crippen molar-refractivity contribution in [1.29, 1.82) is 0 Å². The molecule has 210 valence electrons. The lowest BCUT2D eigenvalue weighted by atomic mass is 9.59. The van der Waals surface area contributed by atoms with Crippen LogP contribution in [0.2, 0.25) is 0 Å². The van der Waals surface area contributed by atoms with Crippen LogP contribution in [0, 0.1) is 17.8 Å². The van der Waals surface area contributed by atoms with Crippen molar-refractivity contribution in [1.82, 2.24) is 4.90 Å². The van der Waals surface area contributed by atoms with Gasteiger partial charge in [0.15, 0.2) is 11.6 Å². The summed E-state index contributed by atoms with van der Waals surface area (Å²) in [5.74, 6) is -3.82. The van der Waals surface area contributed by atoms with Crippen molar-refractivity contribution >= 4 is 40.1 Å². The molecule has 2 amide bonds. The molecule has 1 saturated heterocycles. The Morgan fingerprint density at radius 3 is 2.46 bits per heavy atom. The molecule has 8 heteroatoms. The number of phenols is 1. The zero-order valence-electron chi connectivity index (χ0n) is 22.8. The van der Waals surface area contributed by atoms with Gasteiger partial charge in [-0.3, -0.25) is 28.9 Å². The number of imide groups is 1. The Morgan fingerprint density at radius 2 is 1.71 bits per heavy atom. The first kappa shape index (κ1) is 26.9. The summed E-state index contributed by atoms with van der Waals surface area (Å²) in [6.07, 6.45) is 5.62. The third kappa shape index (κ3) is 4.33. The van der Waals surface area contributed by atoms with Crippen molar-refractivity contribution in [3.63, 3.8) is 0 Å². The first-order chi connectivity index (χ1) is 19.7. The van der Waals surface area contributed by atoms with Crippen molar-refractivity contribution in [2.24, 2.45) is 17.8 Å². The average molecular weight is 554 g/mol. The van der Waals surface area contributed by atoms with Crippen molar-refractivity contribution in [2.75, 3.05) is 6.54 Å². The van der Waals surface area contributed by atoms with E-state index in [0.29, 0.717) is 47.8 Å². The fraction of sp³-hybridized carbons (Fsp3) is 0.364. The second-order valence-corrected chi connectivity index (χ2v) is 11.5. The van der Waals surface area contributed by atoms with E-state index >= 15 is 0 Å². The van der Waals surface area contributed by atoms with E-state index in [1.54, 1.807) is 25.1 Å². The molecule has 1 aliphatic heterocycles. The molecule has 0 unspecified atom stereocenters. The number of benzene rings is 2. The van der Waals surface area contributed by atoms with Crippen LogP contribution >= 0.6 is 0 Å². The number of amides is 2. The lowest BCUT2D eigenvalue weighted by Crippen LogP contribution is -2.40. The third-order valence-electron chi connectivity index (χ3n) is 9.17. The van der Waals surface area contributed by atoms with Crippen LogP contribution in [0.25, 0.3) is 10.8 Å². The lowest BCUT2D eigenvalue weighted by Gasteiger charge is -2.42. The summed E-state index contributed by atoms with van der Waals surface area (Å²) in [6.45, 7) is 1.87. The van der Waals surface area contributed by atoms with E-state index in [9.17, 15) is 29.1 Å². The maximum Gasteiger partial charge on any atom is 0.303 e. The highest BCUT2D eigenvalue weighted by Gasteiger charge is 2.56. The minimum atomic E-state index is -0.870. The molecule has 0 bridgehead atoms. The molecule has 2 aromatic rings. The Labute approximate surface area is 237 Å². The maximum absolute atomic E-state index is 13.8. The van der Waals surface area contributed by atoms with Crippen molar-refractivity contribution < 1.29 is 34.2 Å². The normalized spacial score (nSPS) is 25.6. The number of phenolic OH excluding ortho intramolecular Hbond substituents is 1. The van der Waals surface area contributed by atoms with Gasteiger partial charge >= 0.3 is 5.97 Å². The molecule has 0 spiro atoms. The van der Waals surface area contributed by atoms with Crippen LogP contribution in [0.3, 0.4) is 0 Å². The second-order valence-electron chi connectivity index (χ2n) is 11.5. The summed E-state index contributed by atoms with van der Waals surface area (Å²) in [5, 5.41) is 20.8. The fourth-order valence-electron chi connectivity index (χ4n) is 7.30. The van der Waals surface area contributed by atoms with Gasteiger partial charge in [0.1, 0.15) is 5.75 Å². The number of carboxylic acids is 1. The number of rotatable bonds is 7. The molecule has 41 heavy (non-hydrogen) atoms. The minimum Gasteiger partial charge on any atom is -0.507 e. The summed E-state index contributed by atoms with van der Waals surface area (Å²) in [6, 6.07) is 10.8. The second kappa shape index (κ2) is 10.3. The van der Waals surface area contributed by atoms with Gasteiger partial charge in [0.05, 0.1) is 11.8 Å². The molecular weight excluding hydrogens is 522 g/mol. The number of hydrogen-bond donors (Lipinski definition) is 2. The van der Waals surface area contributed by atoms with Crippen molar-refractivity contribution in [2.45, 2.75) is 51.4 Å². The molecule has 1 heterocycles. The number of hydrogen-bond acceptors (Lipinski definition) is 6. The molecule has 2 aromatic carbocycles. The zero-order chi connectivity index (χ0) is 29.0. The number of unbranched alkanes of at least 4 members (excludes halogenated alkanes) is 2. The molecule has 0 saturated carbocycles. The first-order valence-electron chi connectivity index (χ1n) is 14.2. The van der Waals surface area contributed by atoms with Gasteiger partial charge in [-0.25, -0.2) is 0 Å². The van der Waals surface area contributed by atoms with Crippen molar-refractivity contribution in [3.8, 4) is 5.75 Å². The summed E-state index contributed by atoms with van der Waals surface area (Å²) in [4.78, 5) is 66.4. The number of Topliss-reactive ketones (excluding diaryl/α,β-unsaturated/α-hetero) is 1. The fourth-order valence-corrected chi connectivity index (χ4v) is 7.30. The number of carbonyl (C=O) groups is 5. The van der Waals surface area contributed by atoms with E-state index in [0.717, 1.165) is 16.5 Å². The monoisotopic (exact) mass is 553 g/mol. The smallest absolute Gasteiger partial charge is 0.303 e. The zero-order valence-corrected chi connectivity index (χ0v) is 22.8. The number of ketones is 2. The number of aliphatic carboxylic acids is 1. The molecule has 2 N–H and O–H groups in total. The Morgan fingerprint density at radius 1 is 0.951 bits per heavy atom. The Balaban J connectivity index is 1.41. The number of carboxylic acid groups (broad SMARTS) is 1. The first-order valence-corrected chi connectivity index (χ1v) is 14.2. The molecule has 0 radical (unpaired) electrons. The van der Waals surface area contributed by atoms with Crippen LogP contribution < -0.4 is 0 Å². The standard InChI is InChI=1S/C33H31NO7/c1-17-15-26(36)30-24(31(17)39)16-23-21(28(30)20-12-13-25(35)19-8-5-4-7-18(19)20)10-11-22-29(23)33(41)34(32(22)40)14-6-2-3-9-27(37)38/h4-5,7-8,10,12-13,15,22-23,28-29,35H,2-3,6,9,11,14,16H2,1H3,(H,37,38)/t22-,23+,28-,29-/m0/s1. The van der Waals surface area contributed by atoms with Crippen LogP contribution in [-0.2, 0) is 24.0 Å². The van der Waals surface area contributed by atoms with Gasteiger partial charge < -0.3 is 10.2 Å². The number of aromatic hydroxyl groups is 1. The largest absolute Gasteiger partial charge is 0.507 e. The van der Waals surface area contributed by atoms with Crippen LogP contribution in [0.15, 0.2) is 70.8 Å². The maximum atomic E-state index is 13.8. The number of nitrogens with zero attached hydrogens (tertiary/aromatic N) is 1. The average Bonchev–Trinajstić information content (AvgIpc) is 3.20. The number of fused-ring (bicyclic) bond motifs is 4. The van der Waals surface area contributed by atoms with E-state index in [-0.39, 0.29) is 48.5 Å². The highest BCUT2D eigenvalue weighted by atomic mass is 16.4. The van der Waals surface area contributed by atoms with Gasteiger partial charge in [0.2, 0.25) is 11.8 Å². The van der Waals surface area contributed by atoms with Crippen LogP contribution in [0.4, 0.5) is 0 Å². The van der Waals surface area contributed by atoms with Gasteiger partial charge in [0, 0.05) is 41.0 Å². The summed E-state index contributed by atoms with van der Waals surface area (Å²) in [7, 11) is 0. The summed E-state index contributed by atoms with van der Waals surface area (Å²) >= 11 is 0. The van der Waals surface area contributed by atoms with Gasteiger partial charge in [0.25, 0.3) is 0 Å². The summed E-state index contributed by atoms with van der Waals surface area (Å²) in [5.41, 5.74) is 2.84. The molecule has 1 fully saturated rings.